The van der Waals surface area contributed by atoms with Crippen molar-refractivity contribution < 1.29 is 26.4 Å². The van der Waals surface area contributed by atoms with Crippen LogP contribution in [0.2, 0.25) is 0 Å². The summed E-state index contributed by atoms with van der Waals surface area (Å²) in [4.78, 5) is 14.1. The summed E-state index contributed by atoms with van der Waals surface area (Å²) in [6.45, 7) is 2.77. The van der Waals surface area contributed by atoms with E-state index in [0.29, 0.717) is 31.7 Å². The molecule has 1 aliphatic carbocycles. The molecule has 0 unspecified atom stereocenters. The number of nitrogens with one attached hydrogen (secondary N) is 1. The van der Waals surface area contributed by atoms with Crippen molar-refractivity contribution in [2.75, 3.05) is 31.2 Å². The first kappa shape index (κ1) is 22.0. The van der Waals surface area contributed by atoms with Crippen LogP contribution in [0, 0.1) is 5.92 Å². The van der Waals surface area contributed by atoms with Gasteiger partial charge in [0.1, 0.15) is 12.4 Å². The number of sulfonamides is 1. The van der Waals surface area contributed by atoms with Gasteiger partial charge in [0.15, 0.2) is 9.84 Å². The lowest BCUT2D eigenvalue weighted by Gasteiger charge is -2.32. The summed E-state index contributed by atoms with van der Waals surface area (Å²) in [6, 6.07) is 5.72. The van der Waals surface area contributed by atoms with E-state index in [0.717, 1.165) is 12.8 Å². The molecular formula is C19H28N2O6S2. The number of carbonyl (C=O) groups excluding carboxylic acids is 1. The molecule has 0 atom stereocenters. The van der Waals surface area contributed by atoms with Gasteiger partial charge in [-0.05, 0) is 49.9 Å². The average molecular weight is 445 g/mol. The predicted molar refractivity (Wildman–Crippen MR) is 109 cm³/mol. The number of likely N-dealkylation sites (tertiary alicyclic amines) is 1. The van der Waals surface area contributed by atoms with Crippen LogP contribution in [0.25, 0.3) is 0 Å². The van der Waals surface area contributed by atoms with Gasteiger partial charge >= 0.3 is 0 Å². The highest BCUT2D eigenvalue weighted by Gasteiger charge is 2.35. The summed E-state index contributed by atoms with van der Waals surface area (Å²) in [5, 5.41) is 0. The van der Waals surface area contributed by atoms with Crippen LogP contribution in [0.1, 0.15) is 32.6 Å². The first-order valence-electron chi connectivity index (χ1n) is 9.94. The summed E-state index contributed by atoms with van der Waals surface area (Å²) in [7, 11) is -6.77. The zero-order chi connectivity index (χ0) is 21.1. The Balaban J connectivity index is 1.50. The van der Waals surface area contributed by atoms with Gasteiger partial charge in [-0.3, -0.25) is 4.79 Å². The summed E-state index contributed by atoms with van der Waals surface area (Å²) in [5.74, 6) is 0.793. The van der Waals surface area contributed by atoms with Crippen LogP contribution in [0.3, 0.4) is 0 Å². The number of amides is 1. The van der Waals surface area contributed by atoms with Gasteiger partial charge < -0.3 is 9.64 Å². The number of hydrogen-bond donors (Lipinski definition) is 1. The van der Waals surface area contributed by atoms with Crippen molar-refractivity contribution in [3.05, 3.63) is 24.3 Å². The van der Waals surface area contributed by atoms with Gasteiger partial charge in [-0.25, -0.2) is 21.6 Å². The fourth-order valence-electron chi connectivity index (χ4n) is 3.24. The number of benzene rings is 1. The molecular weight excluding hydrogens is 416 g/mol. The molecule has 1 saturated carbocycles. The number of ether oxygens (including phenoxy) is 1. The van der Waals surface area contributed by atoms with Crippen LogP contribution in [0.15, 0.2) is 29.2 Å². The standard InChI is InChI=1S/C19H28N2O6S2/c1-2-28(23,24)14-13-27-17-5-7-18(8-6-17)29(25,26)20-16-9-11-21(12-10-16)19(22)15-3-4-15/h5-8,15-16,20H,2-4,9-14H2,1H3. The van der Waals surface area contributed by atoms with E-state index in [1.165, 1.54) is 24.3 Å². The molecule has 2 aliphatic rings. The molecule has 0 radical (unpaired) electrons. The molecule has 1 aromatic carbocycles. The Morgan fingerprint density at radius 3 is 2.24 bits per heavy atom. The Labute approximate surface area is 172 Å². The molecule has 8 nitrogen and oxygen atoms in total. The van der Waals surface area contributed by atoms with Gasteiger partial charge in [0.2, 0.25) is 15.9 Å². The Morgan fingerprint density at radius 1 is 1.07 bits per heavy atom. The van der Waals surface area contributed by atoms with Crippen molar-refractivity contribution in [3.8, 4) is 5.75 Å². The van der Waals surface area contributed by atoms with Crippen LogP contribution >= 0.6 is 0 Å². The quantitative estimate of drug-likeness (QED) is 0.612. The van der Waals surface area contributed by atoms with E-state index < -0.39 is 19.9 Å². The monoisotopic (exact) mass is 444 g/mol. The van der Waals surface area contributed by atoms with Crippen LogP contribution in [0.5, 0.6) is 5.75 Å². The molecule has 29 heavy (non-hydrogen) atoms. The summed E-state index contributed by atoms with van der Waals surface area (Å²) in [6.07, 6.45) is 3.15. The van der Waals surface area contributed by atoms with Crippen LogP contribution < -0.4 is 9.46 Å². The molecule has 2 fully saturated rings. The van der Waals surface area contributed by atoms with Gasteiger partial charge in [-0.1, -0.05) is 6.92 Å². The maximum Gasteiger partial charge on any atom is 0.240 e. The molecule has 10 heteroatoms. The Bertz CT molecular complexity index is 916. The number of hydrogen-bond acceptors (Lipinski definition) is 6. The number of carbonyl (C=O) groups is 1. The second-order valence-electron chi connectivity index (χ2n) is 7.55. The topological polar surface area (TPSA) is 110 Å². The van der Waals surface area contributed by atoms with Gasteiger partial charge in [-0.2, -0.15) is 0 Å². The van der Waals surface area contributed by atoms with Crippen molar-refractivity contribution >= 4 is 25.8 Å². The van der Waals surface area contributed by atoms with E-state index in [1.54, 1.807) is 6.92 Å². The third-order valence-electron chi connectivity index (χ3n) is 5.29. The minimum atomic E-state index is -3.67. The predicted octanol–water partition coefficient (Wildman–Crippen LogP) is 1.18. The van der Waals surface area contributed by atoms with E-state index in [1.807, 2.05) is 4.90 Å². The second-order valence-corrected chi connectivity index (χ2v) is 11.7. The van der Waals surface area contributed by atoms with Crippen LogP contribution in [-0.2, 0) is 24.7 Å². The van der Waals surface area contributed by atoms with Gasteiger partial charge in [0.25, 0.3) is 0 Å². The summed E-state index contributed by atoms with van der Waals surface area (Å²) in [5.41, 5.74) is 0. The molecule has 0 bridgehead atoms. The van der Waals surface area contributed by atoms with Crippen molar-refractivity contribution in [1.82, 2.24) is 9.62 Å². The van der Waals surface area contributed by atoms with Crippen molar-refractivity contribution in [3.63, 3.8) is 0 Å². The van der Waals surface area contributed by atoms with Gasteiger partial charge in [-0.15, -0.1) is 0 Å². The van der Waals surface area contributed by atoms with Crippen molar-refractivity contribution in [1.29, 1.82) is 0 Å². The van der Waals surface area contributed by atoms with Gasteiger partial charge in [0.05, 0.1) is 10.6 Å². The van der Waals surface area contributed by atoms with Crippen LogP contribution in [-0.4, -0.2) is 64.9 Å². The highest BCUT2D eigenvalue weighted by molar-refractivity contribution is 7.91. The Kier molecular flexibility index (Phi) is 6.85. The largest absolute Gasteiger partial charge is 0.493 e. The third-order valence-corrected chi connectivity index (χ3v) is 8.50. The normalized spacial score (nSPS) is 18.6. The molecule has 1 amide bonds. The first-order chi connectivity index (χ1) is 13.7. The minimum absolute atomic E-state index is 0.0265. The number of rotatable bonds is 9. The highest BCUT2D eigenvalue weighted by atomic mass is 32.2. The zero-order valence-electron chi connectivity index (χ0n) is 16.5. The molecule has 1 aliphatic heterocycles. The minimum Gasteiger partial charge on any atom is -0.493 e. The molecule has 162 valence electrons. The fourth-order valence-corrected chi connectivity index (χ4v) is 5.17. The molecule has 1 heterocycles. The Hall–Kier alpha value is -1.65. The maximum atomic E-state index is 12.6. The lowest BCUT2D eigenvalue weighted by Crippen LogP contribution is -2.46. The smallest absolute Gasteiger partial charge is 0.240 e. The Morgan fingerprint density at radius 2 is 1.69 bits per heavy atom. The van der Waals surface area contributed by atoms with Crippen molar-refractivity contribution in [2.45, 2.75) is 43.5 Å². The fraction of sp³-hybridized carbons (Fsp3) is 0.632. The lowest BCUT2D eigenvalue weighted by atomic mass is 10.1. The first-order valence-corrected chi connectivity index (χ1v) is 13.2. The zero-order valence-corrected chi connectivity index (χ0v) is 18.2. The highest BCUT2D eigenvalue weighted by Crippen LogP contribution is 2.32. The van der Waals surface area contributed by atoms with E-state index in [2.05, 4.69) is 4.72 Å². The number of piperidine rings is 1. The molecule has 0 spiro atoms. The molecule has 1 aromatic rings. The van der Waals surface area contributed by atoms with Crippen LogP contribution in [0.4, 0.5) is 0 Å². The molecule has 3 rings (SSSR count). The molecule has 1 saturated heterocycles. The number of sulfone groups is 1. The molecule has 0 aromatic heterocycles. The third kappa shape index (κ3) is 6.16. The SMILES string of the molecule is CCS(=O)(=O)CCOc1ccc(S(=O)(=O)NC2CCN(C(=O)C3CC3)CC2)cc1. The van der Waals surface area contributed by atoms with E-state index in [9.17, 15) is 21.6 Å². The lowest BCUT2D eigenvalue weighted by molar-refractivity contribution is -0.133. The maximum absolute atomic E-state index is 12.6. The molecule has 1 N–H and O–H groups in total. The van der Waals surface area contributed by atoms with E-state index in [4.69, 9.17) is 4.74 Å². The summed E-state index contributed by atoms with van der Waals surface area (Å²) < 4.78 is 56.3. The summed E-state index contributed by atoms with van der Waals surface area (Å²) >= 11 is 0. The second kappa shape index (κ2) is 9.01. The van der Waals surface area contributed by atoms with Crippen molar-refractivity contribution in [2.24, 2.45) is 5.92 Å². The van der Waals surface area contributed by atoms with E-state index in [-0.39, 0.29) is 40.9 Å². The number of nitrogens with zero attached hydrogens (tertiary/aromatic N) is 1. The average Bonchev–Trinajstić information content (AvgIpc) is 3.53. The van der Waals surface area contributed by atoms with E-state index >= 15 is 0 Å². The van der Waals surface area contributed by atoms with Gasteiger partial charge in [0, 0.05) is 30.8 Å².